The Labute approximate surface area is 197 Å². The van der Waals surface area contributed by atoms with Crippen LogP contribution in [0.1, 0.15) is 47.2 Å². The lowest BCUT2D eigenvalue weighted by Crippen LogP contribution is -1.83. The molecule has 0 unspecified atom stereocenters. The molecule has 0 aliphatic heterocycles. The predicted molar refractivity (Wildman–Crippen MR) is 137 cm³/mol. The third kappa shape index (κ3) is 5.42. The van der Waals surface area contributed by atoms with E-state index in [0.717, 1.165) is 0 Å². The van der Waals surface area contributed by atoms with Gasteiger partial charge in [0.25, 0.3) is 0 Å². The molecule has 0 aromatic heterocycles. The second-order valence-electron chi connectivity index (χ2n) is 7.58. The Bertz CT molecular complexity index is 1230. The summed E-state index contributed by atoms with van der Waals surface area (Å²) in [5.41, 5.74) is 2.22. The highest BCUT2D eigenvalue weighted by Crippen LogP contribution is 2.34. The summed E-state index contributed by atoms with van der Waals surface area (Å²) < 4.78 is 0. The first-order valence-corrected chi connectivity index (χ1v) is 10.5. The van der Waals surface area contributed by atoms with E-state index in [-0.39, 0.29) is 34.5 Å². The smallest absolute Gasteiger partial charge is 0.123 e. The maximum atomic E-state index is 10.4. The van der Waals surface area contributed by atoms with Gasteiger partial charge >= 0.3 is 0 Å². The van der Waals surface area contributed by atoms with E-state index in [4.69, 9.17) is 0 Å². The van der Waals surface area contributed by atoms with Crippen LogP contribution < -0.4 is 0 Å². The summed E-state index contributed by atoms with van der Waals surface area (Å²) >= 11 is 0. The van der Waals surface area contributed by atoms with Gasteiger partial charge in [-0.25, -0.2) is 0 Å². The Morgan fingerprint density at radius 2 is 0.529 bits per heavy atom. The van der Waals surface area contributed by atoms with Crippen molar-refractivity contribution in [2.75, 3.05) is 0 Å². The number of allylic oxidation sites excluding steroid dienone is 2. The van der Waals surface area contributed by atoms with Gasteiger partial charge < -0.3 is 30.6 Å². The van der Waals surface area contributed by atoms with Crippen molar-refractivity contribution in [3.8, 4) is 34.5 Å². The minimum Gasteiger partial charge on any atom is -0.507 e. The molecule has 6 N–H and O–H groups in total. The summed E-state index contributed by atoms with van der Waals surface area (Å²) in [6.07, 6.45) is 12.8. The highest BCUT2D eigenvalue weighted by molar-refractivity contribution is 5.81. The number of phenols is 6. The number of phenolic OH excluding ortho intramolecular Hbond substituents is 6. The molecule has 6 nitrogen and oxygen atoms in total. The Hall–Kier alpha value is -4.58. The van der Waals surface area contributed by atoms with Gasteiger partial charge in [-0.3, -0.25) is 0 Å². The van der Waals surface area contributed by atoms with Gasteiger partial charge in [-0.1, -0.05) is 48.6 Å². The molecule has 0 saturated heterocycles. The average Bonchev–Trinajstić information content (AvgIpc) is 2.79. The zero-order chi connectivity index (χ0) is 24.8. The van der Waals surface area contributed by atoms with Gasteiger partial charge in [-0.15, -0.1) is 0 Å². The van der Waals surface area contributed by atoms with E-state index in [2.05, 4.69) is 0 Å². The largest absolute Gasteiger partial charge is 0.507 e. The van der Waals surface area contributed by atoms with Crippen molar-refractivity contribution in [2.45, 2.75) is 13.8 Å². The molecule has 6 heteroatoms. The number of hydrogen-bond acceptors (Lipinski definition) is 6. The van der Waals surface area contributed by atoms with Crippen molar-refractivity contribution in [3.05, 3.63) is 81.9 Å². The minimum atomic E-state index is -0.126. The van der Waals surface area contributed by atoms with Crippen LogP contribution >= 0.6 is 0 Å². The molecule has 34 heavy (non-hydrogen) atoms. The van der Waals surface area contributed by atoms with Crippen molar-refractivity contribution in [2.24, 2.45) is 0 Å². The van der Waals surface area contributed by atoms with Crippen molar-refractivity contribution >= 4 is 36.5 Å². The zero-order valence-corrected chi connectivity index (χ0v) is 18.8. The number of aromatic hydroxyl groups is 6. The SMILES string of the molecule is C/C=C/c1cc(O)c(/C=C/c2cc(O)c(/C=C/c3cc(O)c(/C=C/C)cc3O)cc2O)cc1O. The Kier molecular flexibility index (Phi) is 7.33. The molecular weight excluding hydrogens is 432 g/mol. The summed E-state index contributed by atoms with van der Waals surface area (Å²) in [5, 5.41) is 61.4. The van der Waals surface area contributed by atoms with Gasteiger partial charge in [-0.05, 0) is 50.2 Å². The summed E-state index contributed by atoms with van der Waals surface area (Å²) in [5.74, 6) is -0.355. The number of benzene rings is 3. The van der Waals surface area contributed by atoms with Crippen LogP contribution in [0.3, 0.4) is 0 Å². The number of rotatable bonds is 6. The fraction of sp³-hybridized carbons (Fsp3) is 0.0714. The second-order valence-corrected chi connectivity index (χ2v) is 7.58. The average molecular weight is 459 g/mol. The van der Waals surface area contributed by atoms with E-state index in [9.17, 15) is 30.6 Å². The third-order valence-corrected chi connectivity index (χ3v) is 5.11. The van der Waals surface area contributed by atoms with E-state index in [1.54, 1.807) is 38.2 Å². The minimum absolute atomic E-state index is 0.00357. The van der Waals surface area contributed by atoms with Crippen LogP contribution in [0.4, 0.5) is 0 Å². The van der Waals surface area contributed by atoms with Gasteiger partial charge in [0.1, 0.15) is 34.5 Å². The first kappa shape index (κ1) is 24.1. The van der Waals surface area contributed by atoms with Gasteiger partial charge in [0.2, 0.25) is 0 Å². The highest BCUT2D eigenvalue weighted by atomic mass is 16.3. The summed E-state index contributed by atoms with van der Waals surface area (Å²) in [6.45, 7) is 3.59. The van der Waals surface area contributed by atoms with Crippen molar-refractivity contribution in [1.82, 2.24) is 0 Å². The monoisotopic (exact) mass is 458 g/mol. The molecule has 0 aliphatic carbocycles. The van der Waals surface area contributed by atoms with Crippen LogP contribution in [-0.4, -0.2) is 30.6 Å². The van der Waals surface area contributed by atoms with Crippen molar-refractivity contribution in [3.63, 3.8) is 0 Å². The molecule has 0 fully saturated rings. The molecule has 174 valence electrons. The standard InChI is InChI=1S/C28H26O6/c1-3-5-17-11-25(31)19(13-23(17)29)7-9-21-15-28(34)22(16-27(21)33)10-8-20-14-24(30)18(6-4-2)12-26(20)32/h3-16,29-34H,1-2H3/b5-3+,6-4+,9-7+,10-8+. The van der Waals surface area contributed by atoms with Crippen molar-refractivity contribution in [1.29, 1.82) is 0 Å². The lowest BCUT2D eigenvalue weighted by atomic mass is 10.0. The lowest BCUT2D eigenvalue weighted by Gasteiger charge is -2.07. The fourth-order valence-electron chi connectivity index (χ4n) is 3.35. The molecule has 3 rings (SSSR count). The molecule has 0 heterocycles. The Balaban J connectivity index is 1.87. The Morgan fingerprint density at radius 3 is 0.706 bits per heavy atom. The van der Waals surface area contributed by atoms with E-state index in [0.29, 0.717) is 33.4 Å². The van der Waals surface area contributed by atoms with Gasteiger partial charge in [-0.2, -0.15) is 0 Å². The maximum absolute atomic E-state index is 10.4. The van der Waals surface area contributed by atoms with Crippen LogP contribution in [0.15, 0.2) is 48.6 Å². The summed E-state index contributed by atoms with van der Waals surface area (Å²) in [6, 6.07) is 8.36. The molecule has 0 spiro atoms. The molecule has 0 amide bonds. The molecule has 0 bridgehead atoms. The predicted octanol–water partition coefficient (Wildman–Crippen LogP) is 6.33. The topological polar surface area (TPSA) is 121 Å². The molecule has 0 radical (unpaired) electrons. The van der Waals surface area contributed by atoms with Gasteiger partial charge in [0.05, 0.1) is 0 Å². The maximum Gasteiger partial charge on any atom is 0.123 e. The summed E-state index contributed by atoms with van der Waals surface area (Å²) in [7, 11) is 0. The molecule has 0 atom stereocenters. The van der Waals surface area contributed by atoms with Crippen LogP contribution in [-0.2, 0) is 0 Å². The number of hydrogen-bond donors (Lipinski definition) is 6. The molecular formula is C28H26O6. The molecule has 3 aromatic carbocycles. The first-order valence-electron chi connectivity index (χ1n) is 10.5. The van der Waals surface area contributed by atoms with E-state index in [1.165, 1.54) is 60.7 Å². The molecule has 0 aliphatic rings. The molecule has 0 saturated carbocycles. The van der Waals surface area contributed by atoms with Crippen molar-refractivity contribution < 1.29 is 30.6 Å². The zero-order valence-electron chi connectivity index (χ0n) is 18.8. The second kappa shape index (κ2) is 10.4. The van der Waals surface area contributed by atoms with E-state index in [1.807, 2.05) is 0 Å². The van der Waals surface area contributed by atoms with E-state index >= 15 is 0 Å². The fourth-order valence-corrected chi connectivity index (χ4v) is 3.35. The highest BCUT2D eigenvalue weighted by Gasteiger charge is 2.09. The van der Waals surface area contributed by atoms with Gasteiger partial charge in [0.15, 0.2) is 0 Å². The first-order chi connectivity index (χ1) is 16.2. The lowest BCUT2D eigenvalue weighted by molar-refractivity contribution is 0.457. The van der Waals surface area contributed by atoms with Crippen LogP contribution in [0, 0.1) is 0 Å². The summed E-state index contributed by atoms with van der Waals surface area (Å²) in [4.78, 5) is 0. The molecule has 3 aromatic rings. The van der Waals surface area contributed by atoms with Crippen LogP contribution in [0.25, 0.3) is 36.5 Å². The Morgan fingerprint density at radius 1 is 0.353 bits per heavy atom. The van der Waals surface area contributed by atoms with Crippen LogP contribution in [0.2, 0.25) is 0 Å². The quantitative estimate of drug-likeness (QED) is 0.190. The third-order valence-electron chi connectivity index (χ3n) is 5.11. The normalized spacial score (nSPS) is 12.1. The van der Waals surface area contributed by atoms with Gasteiger partial charge in [0, 0.05) is 33.4 Å². The van der Waals surface area contributed by atoms with E-state index < -0.39 is 0 Å². The van der Waals surface area contributed by atoms with Crippen LogP contribution in [0.5, 0.6) is 34.5 Å².